The minimum atomic E-state index is -2.81. The van der Waals surface area contributed by atoms with Crippen LogP contribution in [0.25, 0.3) is 11.1 Å². The molecular weight excluding hydrogens is 607 g/mol. The maximum atomic E-state index is 6.70. The average Bonchev–Trinajstić information content (AvgIpc) is 3.59. The molecule has 0 fully saturated rings. The summed E-state index contributed by atoms with van der Waals surface area (Å²) in [6.07, 6.45) is 9.13. The number of hydrogen-bond donors (Lipinski definition) is 0. The number of fused-ring (bicyclic) bond motifs is 3. The van der Waals surface area contributed by atoms with E-state index in [9.17, 15) is 0 Å². The van der Waals surface area contributed by atoms with Gasteiger partial charge in [0.15, 0.2) is 0 Å². The molecule has 212 valence electrons. The fourth-order valence-corrected chi connectivity index (χ4v) is 15.7. The van der Waals surface area contributed by atoms with Crippen LogP contribution in [0.4, 0.5) is 0 Å². The Balaban J connectivity index is 1.73. The molecule has 0 nitrogen and oxygen atoms in total. The molecule has 4 aromatic rings. The summed E-state index contributed by atoms with van der Waals surface area (Å²) < 4.78 is 4.83. The molecule has 2 aliphatic carbocycles. The second-order valence-electron chi connectivity index (χ2n) is 14.0. The molecule has 0 unspecified atom stereocenters. The summed E-state index contributed by atoms with van der Waals surface area (Å²) in [7, 11) is 0. The monoisotopic (exact) mass is 646 g/mol. The molecule has 0 aliphatic heterocycles. The van der Waals surface area contributed by atoms with Gasteiger partial charge >= 0.3 is 267 Å². The topological polar surface area (TPSA) is 0 Å². The van der Waals surface area contributed by atoms with Crippen LogP contribution in [0.1, 0.15) is 86.9 Å². The summed E-state index contributed by atoms with van der Waals surface area (Å²) in [6, 6.07) is 30.0. The van der Waals surface area contributed by atoms with Gasteiger partial charge in [0, 0.05) is 0 Å². The van der Waals surface area contributed by atoms with E-state index in [0.29, 0.717) is 0 Å². The molecule has 6 rings (SSSR count). The molecule has 0 heterocycles. The van der Waals surface area contributed by atoms with Crippen LogP contribution in [0.15, 0.2) is 100 Å². The van der Waals surface area contributed by atoms with E-state index >= 15 is 0 Å². The SMILES string of the molecule is Cc1ccc(/[C](c2cccc(Cl)c2)=[Zr](\[C]2=CC=CC2)[c]2c(C(C)(C)C)ccc3c2Cc2cc(C(C)(C)C)ccc2-3)cc1. The fraction of sp³-hybridized carbons (Fsp3) is 0.275. The van der Waals surface area contributed by atoms with Crippen LogP contribution in [-0.2, 0) is 38.5 Å². The third-order valence-electron chi connectivity index (χ3n) is 8.80. The second kappa shape index (κ2) is 11.2. The van der Waals surface area contributed by atoms with Crippen LogP contribution in [0.5, 0.6) is 0 Å². The van der Waals surface area contributed by atoms with Crippen LogP contribution in [-0.4, -0.2) is 3.21 Å². The molecule has 0 radical (unpaired) electrons. The summed E-state index contributed by atoms with van der Waals surface area (Å²) in [6.45, 7) is 16.3. The third-order valence-corrected chi connectivity index (χ3v) is 16.8. The van der Waals surface area contributed by atoms with Crippen molar-refractivity contribution in [3.05, 3.63) is 144 Å². The van der Waals surface area contributed by atoms with E-state index in [1.165, 1.54) is 47.7 Å². The molecule has 0 atom stereocenters. The van der Waals surface area contributed by atoms with Crippen LogP contribution < -0.4 is 3.27 Å². The zero-order valence-corrected chi connectivity index (χ0v) is 29.2. The Bertz CT molecular complexity index is 1780. The Morgan fingerprint density at radius 3 is 2.14 bits per heavy atom. The number of benzene rings is 4. The van der Waals surface area contributed by atoms with Crippen molar-refractivity contribution in [2.75, 3.05) is 0 Å². The van der Waals surface area contributed by atoms with Gasteiger partial charge in [-0.15, -0.1) is 0 Å². The summed E-state index contributed by atoms with van der Waals surface area (Å²) in [5, 5.41) is 0.801. The van der Waals surface area contributed by atoms with E-state index < -0.39 is 21.3 Å². The first-order valence-corrected chi connectivity index (χ1v) is 19.2. The first-order chi connectivity index (χ1) is 19.9. The van der Waals surface area contributed by atoms with Gasteiger partial charge in [-0.1, -0.05) is 0 Å². The van der Waals surface area contributed by atoms with E-state index in [4.69, 9.17) is 11.6 Å². The van der Waals surface area contributed by atoms with E-state index in [-0.39, 0.29) is 10.8 Å². The molecule has 0 saturated carbocycles. The number of halogens is 1. The quantitative estimate of drug-likeness (QED) is 0.182. The third kappa shape index (κ3) is 5.56. The Hall–Kier alpha value is -2.60. The van der Waals surface area contributed by atoms with Crippen LogP contribution in [0.2, 0.25) is 5.02 Å². The predicted molar refractivity (Wildman–Crippen MR) is 179 cm³/mol. The summed E-state index contributed by atoms with van der Waals surface area (Å²) >= 11 is 3.90. The van der Waals surface area contributed by atoms with E-state index in [2.05, 4.69) is 139 Å². The van der Waals surface area contributed by atoms with Crippen molar-refractivity contribution < 1.29 is 21.3 Å². The average molecular weight is 648 g/mol. The molecule has 0 aromatic heterocycles. The van der Waals surface area contributed by atoms with E-state index in [1.807, 2.05) is 6.07 Å². The zero-order valence-electron chi connectivity index (χ0n) is 26.0. The Labute approximate surface area is 265 Å². The van der Waals surface area contributed by atoms with Crippen molar-refractivity contribution >= 4 is 18.1 Å². The molecule has 4 aromatic carbocycles. The number of aryl methyl sites for hydroxylation is 1. The normalized spacial score (nSPS) is 14.9. The van der Waals surface area contributed by atoms with Gasteiger partial charge in [-0.2, -0.15) is 0 Å². The molecule has 0 spiro atoms. The van der Waals surface area contributed by atoms with Crippen LogP contribution in [0, 0.1) is 6.92 Å². The van der Waals surface area contributed by atoms with Gasteiger partial charge in [-0.25, -0.2) is 0 Å². The Kier molecular flexibility index (Phi) is 7.83. The van der Waals surface area contributed by atoms with Crippen molar-refractivity contribution in [1.82, 2.24) is 0 Å². The standard InChI is InChI=1S/C21H25.C14H11Cl.C5H5.Zr/c1-20(2,3)16-7-9-18-14(12-16)11-15-13-17(21(4,5)6)8-10-19(15)18;1-11-5-7-12(8-6-11)9-13-3-2-4-14(15)10-13;1-2-4-5-3-1;/h7-10,12H,11H2,1-6H3;2-8,10H,1H3;1-3H,4H2;. The second-order valence-corrected chi connectivity index (χ2v) is 20.3. The molecule has 0 bridgehead atoms. The number of allylic oxidation sites excluding steroid dienone is 4. The van der Waals surface area contributed by atoms with Crippen LogP contribution in [0.3, 0.4) is 0 Å². The van der Waals surface area contributed by atoms with Crippen LogP contribution >= 0.6 is 11.6 Å². The van der Waals surface area contributed by atoms with E-state index in [1.54, 1.807) is 12.1 Å². The van der Waals surface area contributed by atoms with Crippen molar-refractivity contribution in [3.8, 4) is 11.1 Å². The fourth-order valence-electron chi connectivity index (χ4n) is 6.55. The van der Waals surface area contributed by atoms with Gasteiger partial charge in [0.05, 0.1) is 0 Å². The molecule has 0 N–H and O–H groups in total. The minimum absolute atomic E-state index is 0.0286. The summed E-state index contributed by atoms with van der Waals surface area (Å²) in [5.74, 6) is 0. The van der Waals surface area contributed by atoms with Gasteiger partial charge in [0.1, 0.15) is 0 Å². The van der Waals surface area contributed by atoms with Crippen molar-refractivity contribution in [1.29, 1.82) is 0 Å². The molecule has 2 heteroatoms. The van der Waals surface area contributed by atoms with Crippen molar-refractivity contribution in [3.63, 3.8) is 0 Å². The molecule has 0 saturated heterocycles. The number of hydrogen-bond acceptors (Lipinski definition) is 0. The number of rotatable bonds is 4. The first-order valence-electron chi connectivity index (χ1n) is 15.2. The molecule has 42 heavy (non-hydrogen) atoms. The van der Waals surface area contributed by atoms with Gasteiger partial charge in [0.25, 0.3) is 0 Å². The zero-order chi connectivity index (χ0) is 29.8. The summed E-state index contributed by atoms with van der Waals surface area (Å²) in [5.41, 5.74) is 12.9. The first kappa shape index (κ1) is 29.5. The van der Waals surface area contributed by atoms with Gasteiger partial charge in [-0.3, -0.25) is 0 Å². The molecular formula is C40H41ClZr. The Morgan fingerprint density at radius 1 is 0.762 bits per heavy atom. The molecule has 0 amide bonds. The van der Waals surface area contributed by atoms with Gasteiger partial charge < -0.3 is 0 Å². The summed E-state index contributed by atoms with van der Waals surface area (Å²) in [4.78, 5) is 0. The maximum absolute atomic E-state index is 6.70. The van der Waals surface area contributed by atoms with Gasteiger partial charge in [0.2, 0.25) is 0 Å². The predicted octanol–water partition coefficient (Wildman–Crippen LogP) is 10.2. The van der Waals surface area contributed by atoms with Crippen molar-refractivity contribution in [2.24, 2.45) is 0 Å². The van der Waals surface area contributed by atoms with Crippen molar-refractivity contribution in [2.45, 2.75) is 72.1 Å². The van der Waals surface area contributed by atoms with Gasteiger partial charge in [-0.05, 0) is 0 Å². The molecule has 2 aliphatic rings. The van der Waals surface area contributed by atoms with E-state index in [0.717, 1.165) is 17.9 Å². The Morgan fingerprint density at radius 2 is 1.50 bits per heavy atom.